The average molecular weight is 332 g/mol. The van der Waals surface area contributed by atoms with Gasteiger partial charge in [-0.3, -0.25) is 4.98 Å². The highest BCUT2D eigenvalue weighted by Gasteiger charge is 2.11. The highest BCUT2D eigenvalue weighted by molar-refractivity contribution is 5.62. The summed E-state index contributed by atoms with van der Waals surface area (Å²) in [5, 5.41) is 12.9. The number of rotatable bonds is 6. The van der Waals surface area contributed by atoms with Gasteiger partial charge in [-0.05, 0) is 53.8 Å². The summed E-state index contributed by atoms with van der Waals surface area (Å²) < 4.78 is 0. The van der Waals surface area contributed by atoms with Gasteiger partial charge in [-0.2, -0.15) is 0 Å². The van der Waals surface area contributed by atoms with E-state index in [0.29, 0.717) is 0 Å². The third-order valence-electron chi connectivity index (χ3n) is 4.56. The summed E-state index contributed by atoms with van der Waals surface area (Å²) >= 11 is 0. The van der Waals surface area contributed by atoms with E-state index in [1.165, 1.54) is 22.3 Å². The molecule has 0 saturated heterocycles. The highest BCUT2D eigenvalue weighted by atomic mass is 16.3. The maximum Gasteiger partial charge on any atom is 0.0681 e. The molecule has 25 heavy (non-hydrogen) atoms. The largest absolute Gasteiger partial charge is 0.392 e. The zero-order chi connectivity index (χ0) is 17.6. The topological polar surface area (TPSA) is 45.1 Å². The first kappa shape index (κ1) is 17.3. The van der Waals surface area contributed by atoms with Crippen molar-refractivity contribution in [3.8, 4) is 11.1 Å². The summed E-state index contributed by atoms with van der Waals surface area (Å²) in [6.07, 6.45) is 3.63. The van der Waals surface area contributed by atoms with Crippen LogP contribution in [0.2, 0.25) is 0 Å². The van der Waals surface area contributed by atoms with E-state index < -0.39 is 0 Å². The molecular weight excluding hydrogens is 308 g/mol. The van der Waals surface area contributed by atoms with Crippen molar-refractivity contribution in [1.82, 2.24) is 10.3 Å². The summed E-state index contributed by atoms with van der Waals surface area (Å²) in [7, 11) is 0. The predicted molar refractivity (Wildman–Crippen MR) is 102 cm³/mol. The summed E-state index contributed by atoms with van der Waals surface area (Å²) in [6, 6.07) is 21.2. The molecule has 2 aromatic carbocycles. The van der Waals surface area contributed by atoms with Crippen LogP contribution in [0.5, 0.6) is 0 Å². The molecule has 0 bridgehead atoms. The zero-order valence-electron chi connectivity index (χ0n) is 14.7. The molecule has 3 heteroatoms. The molecule has 3 rings (SSSR count). The van der Waals surface area contributed by atoms with E-state index in [9.17, 15) is 5.11 Å². The van der Waals surface area contributed by atoms with E-state index in [-0.39, 0.29) is 18.7 Å². The van der Waals surface area contributed by atoms with Gasteiger partial charge in [0.15, 0.2) is 0 Å². The standard InChI is InChI=1S/C22H24N2O/c1-16(24-17(2)22-5-3-4-18(14-22)15-25)19-6-8-20(9-7-19)21-10-12-23-13-11-21/h3-14,16-17,24-25H,15H2,1-2H3. The second kappa shape index (κ2) is 8.06. The van der Waals surface area contributed by atoms with Gasteiger partial charge >= 0.3 is 0 Å². The van der Waals surface area contributed by atoms with Crippen molar-refractivity contribution in [1.29, 1.82) is 0 Å². The highest BCUT2D eigenvalue weighted by Crippen LogP contribution is 2.24. The number of nitrogens with zero attached hydrogens (tertiary/aromatic N) is 1. The Hall–Kier alpha value is -2.49. The van der Waals surface area contributed by atoms with E-state index in [1.54, 1.807) is 0 Å². The Kier molecular flexibility index (Phi) is 5.59. The van der Waals surface area contributed by atoms with Crippen molar-refractivity contribution < 1.29 is 5.11 Å². The minimum atomic E-state index is 0.0760. The van der Waals surface area contributed by atoms with Crippen molar-refractivity contribution in [2.75, 3.05) is 0 Å². The molecule has 2 atom stereocenters. The monoisotopic (exact) mass is 332 g/mol. The Morgan fingerprint density at radius 1 is 0.840 bits per heavy atom. The molecule has 0 amide bonds. The van der Waals surface area contributed by atoms with Crippen molar-refractivity contribution >= 4 is 0 Å². The second-order valence-electron chi connectivity index (χ2n) is 6.37. The third kappa shape index (κ3) is 4.32. The van der Waals surface area contributed by atoms with Crippen LogP contribution in [0.25, 0.3) is 11.1 Å². The number of aromatic nitrogens is 1. The van der Waals surface area contributed by atoms with Crippen LogP contribution in [0.4, 0.5) is 0 Å². The Labute approximate surface area is 149 Å². The molecule has 0 radical (unpaired) electrons. The number of nitrogens with one attached hydrogen (secondary N) is 1. The maximum atomic E-state index is 9.30. The lowest BCUT2D eigenvalue weighted by Crippen LogP contribution is -2.22. The number of aliphatic hydroxyl groups is 1. The number of pyridine rings is 1. The summed E-state index contributed by atoms with van der Waals surface area (Å²) in [5.41, 5.74) is 5.76. The summed E-state index contributed by atoms with van der Waals surface area (Å²) in [6.45, 7) is 4.40. The summed E-state index contributed by atoms with van der Waals surface area (Å²) in [5.74, 6) is 0. The van der Waals surface area contributed by atoms with Crippen molar-refractivity contribution in [2.45, 2.75) is 32.5 Å². The van der Waals surface area contributed by atoms with Crippen LogP contribution < -0.4 is 5.32 Å². The number of aliphatic hydroxyl groups excluding tert-OH is 1. The molecule has 1 aromatic heterocycles. The van der Waals surface area contributed by atoms with Gasteiger partial charge in [0, 0.05) is 24.5 Å². The van der Waals surface area contributed by atoms with E-state index in [1.807, 2.05) is 36.7 Å². The van der Waals surface area contributed by atoms with Crippen molar-refractivity contribution in [2.24, 2.45) is 0 Å². The predicted octanol–water partition coefficient (Wildman–Crippen LogP) is 4.65. The molecule has 0 aliphatic heterocycles. The van der Waals surface area contributed by atoms with Gasteiger partial charge < -0.3 is 10.4 Å². The van der Waals surface area contributed by atoms with Crippen LogP contribution in [0.1, 0.15) is 42.6 Å². The lowest BCUT2D eigenvalue weighted by Gasteiger charge is -2.21. The molecule has 0 saturated carbocycles. The van der Waals surface area contributed by atoms with Gasteiger partial charge in [0.05, 0.1) is 6.61 Å². The Morgan fingerprint density at radius 2 is 1.48 bits per heavy atom. The van der Waals surface area contributed by atoms with E-state index >= 15 is 0 Å². The quantitative estimate of drug-likeness (QED) is 0.690. The van der Waals surface area contributed by atoms with Crippen LogP contribution in [0.15, 0.2) is 73.1 Å². The van der Waals surface area contributed by atoms with Gasteiger partial charge in [-0.15, -0.1) is 0 Å². The Morgan fingerprint density at radius 3 is 2.16 bits per heavy atom. The van der Waals surface area contributed by atoms with Crippen molar-refractivity contribution in [3.63, 3.8) is 0 Å². The molecule has 1 heterocycles. The molecule has 128 valence electrons. The van der Waals surface area contributed by atoms with E-state index in [2.05, 4.69) is 60.5 Å². The lowest BCUT2D eigenvalue weighted by atomic mass is 10.00. The Bertz CT molecular complexity index is 800. The Balaban J connectivity index is 1.69. The van der Waals surface area contributed by atoms with Crippen molar-refractivity contribution in [3.05, 3.63) is 89.7 Å². The molecule has 3 aromatic rings. The van der Waals surface area contributed by atoms with Gasteiger partial charge in [-0.1, -0.05) is 48.5 Å². The number of benzene rings is 2. The molecule has 0 aliphatic carbocycles. The number of hydrogen-bond acceptors (Lipinski definition) is 3. The normalized spacial score (nSPS) is 13.4. The van der Waals surface area contributed by atoms with Crippen LogP contribution in [-0.2, 0) is 6.61 Å². The zero-order valence-corrected chi connectivity index (χ0v) is 14.7. The molecule has 0 spiro atoms. The number of hydrogen-bond donors (Lipinski definition) is 2. The van der Waals surface area contributed by atoms with Crippen LogP contribution in [0, 0.1) is 0 Å². The van der Waals surface area contributed by atoms with Gasteiger partial charge in [0.2, 0.25) is 0 Å². The fourth-order valence-corrected chi connectivity index (χ4v) is 3.04. The van der Waals surface area contributed by atoms with E-state index in [4.69, 9.17) is 0 Å². The molecule has 2 N–H and O–H groups in total. The molecule has 2 unspecified atom stereocenters. The smallest absolute Gasteiger partial charge is 0.0681 e. The first-order chi connectivity index (χ1) is 12.2. The first-order valence-electron chi connectivity index (χ1n) is 8.63. The first-order valence-corrected chi connectivity index (χ1v) is 8.63. The molecule has 0 aliphatic rings. The molecule has 3 nitrogen and oxygen atoms in total. The third-order valence-corrected chi connectivity index (χ3v) is 4.56. The SMILES string of the molecule is CC(NC(C)c1cccc(CO)c1)c1ccc(-c2ccncc2)cc1. The maximum absolute atomic E-state index is 9.30. The summed E-state index contributed by atoms with van der Waals surface area (Å²) in [4.78, 5) is 4.06. The van der Waals surface area contributed by atoms with Crippen LogP contribution in [0.3, 0.4) is 0 Å². The van der Waals surface area contributed by atoms with Crippen LogP contribution in [-0.4, -0.2) is 10.1 Å². The van der Waals surface area contributed by atoms with Gasteiger partial charge in [0.25, 0.3) is 0 Å². The van der Waals surface area contributed by atoms with Gasteiger partial charge in [0.1, 0.15) is 0 Å². The molecule has 0 fully saturated rings. The average Bonchev–Trinajstić information content (AvgIpc) is 2.68. The van der Waals surface area contributed by atoms with Gasteiger partial charge in [-0.25, -0.2) is 0 Å². The lowest BCUT2D eigenvalue weighted by molar-refractivity contribution is 0.281. The fraction of sp³-hybridized carbons (Fsp3) is 0.227. The van der Waals surface area contributed by atoms with Crippen LogP contribution >= 0.6 is 0 Å². The fourth-order valence-electron chi connectivity index (χ4n) is 3.04. The van der Waals surface area contributed by atoms with E-state index in [0.717, 1.165) is 5.56 Å². The minimum Gasteiger partial charge on any atom is -0.392 e. The molecular formula is C22H24N2O. The minimum absolute atomic E-state index is 0.0760. The second-order valence-corrected chi connectivity index (χ2v) is 6.37.